The summed E-state index contributed by atoms with van der Waals surface area (Å²) in [5.41, 5.74) is 5.28. The lowest BCUT2D eigenvalue weighted by Gasteiger charge is -2.10. The Morgan fingerprint density at radius 3 is 2.58 bits per heavy atom. The first-order valence-electron chi connectivity index (χ1n) is 8.63. The molecule has 0 spiro atoms. The molecule has 26 heavy (non-hydrogen) atoms. The molecule has 0 aliphatic rings. The Hall–Kier alpha value is -2.84. The molecule has 0 fully saturated rings. The standard InChI is InChI=1S/C21H25N3O2/c1-15-6-8-20(9-7-15)24-16(2)12-18(17(24)3)13-19(14-22)21(25)23-10-5-11-26-4/h6-9,12-13H,5,10-11H2,1-4H3,(H,23,25). The van der Waals surface area contributed by atoms with Crippen molar-refractivity contribution in [1.82, 2.24) is 9.88 Å². The lowest BCUT2D eigenvalue weighted by molar-refractivity contribution is -0.117. The van der Waals surface area contributed by atoms with Crippen molar-refractivity contribution < 1.29 is 9.53 Å². The van der Waals surface area contributed by atoms with Crippen LogP contribution in [0.2, 0.25) is 0 Å². The Balaban J connectivity index is 2.26. The van der Waals surface area contributed by atoms with Crippen molar-refractivity contribution in [2.45, 2.75) is 27.2 Å². The number of benzene rings is 1. The molecule has 0 radical (unpaired) electrons. The van der Waals surface area contributed by atoms with Crippen LogP contribution in [0.4, 0.5) is 0 Å². The zero-order valence-corrected chi connectivity index (χ0v) is 15.8. The van der Waals surface area contributed by atoms with Crippen LogP contribution in [0.3, 0.4) is 0 Å². The van der Waals surface area contributed by atoms with Crippen molar-refractivity contribution >= 4 is 12.0 Å². The number of ether oxygens (including phenoxy) is 1. The number of nitrogens with zero attached hydrogens (tertiary/aromatic N) is 2. The van der Waals surface area contributed by atoms with E-state index in [0.29, 0.717) is 19.6 Å². The molecule has 2 rings (SSSR count). The van der Waals surface area contributed by atoms with Crippen molar-refractivity contribution in [1.29, 1.82) is 5.26 Å². The minimum absolute atomic E-state index is 0.103. The van der Waals surface area contributed by atoms with E-state index in [2.05, 4.69) is 41.1 Å². The average molecular weight is 351 g/mol. The molecule has 0 aliphatic heterocycles. The van der Waals surface area contributed by atoms with E-state index >= 15 is 0 Å². The van der Waals surface area contributed by atoms with Gasteiger partial charge in [0.05, 0.1) is 0 Å². The summed E-state index contributed by atoms with van der Waals surface area (Å²) in [6, 6.07) is 12.3. The van der Waals surface area contributed by atoms with Crippen molar-refractivity contribution in [2.75, 3.05) is 20.3 Å². The number of aryl methyl sites for hydroxylation is 2. The quantitative estimate of drug-likeness (QED) is 0.472. The highest BCUT2D eigenvalue weighted by Gasteiger charge is 2.13. The van der Waals surface area contributed by atoms with E-state index < -0.39 is 0 Å². The molecule has 1 amide bonds. The van der Waals surface area contributed by atoms with Crippen LogP contribution in [0.25, 0.3) is 11.8 Å². The zero-order chi connectivity index (χ0) is 19.1. The summed E-state index contributed by atoms with van der Waals surface area (Å²) in [4.78, 5) is 12.2. The number of nitriles is 1. The molecule has 0 unspecified atom stereocenters. The molecule has 0 saturated carbocycles. The number of rotatable bonds is 7. The van der Waals surface area contributed by atoms with Gasteiger partial charge in [-0.2, -0.15) is 5.26 Å². The third-order valence-electron chi connectivity index (χ3n) is 4.24. The van der Waals surface area contributed by atoms with E-state index in [1.807, 2.05) is 26.0 Å². The maximum Gasteiger partial charge on any atom is 0.261 e. The summed E-state index contributed by atoms with van der Waals surface area (Å²) < 4.78 is 7.08. The van der Waals surface area contributed by atoms with Crippen LogP contribution in [0, 0.1) is 32.1 Å². The molecule has 5 heteroatoms. The van der Waals surface area contributed by atoms with Crippen LogP contribution in [0.5, 0.6) is 0 Å². The third kappa shape index (κ3) is 4.62. The second kappa shape index (κ2) is 9.02. The molecule has 136 valence electrons. The zero-order valence-electron chi connectivity index (χ0n) is 15.8. The summed E-state index contributed by atoms with van der Waals surface area (Å²) in [5, 5.41) is 12.1. The summed E-state index contributed by atoms with van der Waals surface area (Å²) in [6.45, 7) is 7.11. The van der Waals surface area contributed by atoms with Crippen LogP contribution < -0.4 is 5.32 Å². The molecule has 0 aliphatic carbocycles. The van der Waals surface area contributed by atoms with Crippen LogP contribution in [0.1, 0.15) is 28.9 Å². The molecular weight excluding hydrogens is 326 g/mol. The molecule has 1 aromatic carbocycles. The first kappa shape index (κ1) is 19.5. The number of nitrogens with one attached hydrogen (secondary N) is 1. The smallest absolute Gasteiger partial charge is 0.261 e. The topological polar surface area (TPSA) is 67.0 Å². The van der Waals surface area contributed by atoms with Gasteiger partial charge in [-0.3, -0.25) is 4.79 Å². The van der Waals surface area contributed by atoms with Gasteiger partial charge in [-0.15, -0.1) is 0 Å². The first-order valence-corrected chi connectivity index (χ1v) is 8.63. The molecule has 0 bridgehead atoms. The van der Waals surface area contributed by atoms with Crippen LogP contribution in [0.15, 0.2) is 35.9 Å². The Morgan fingerprint density at radius 1 is 1.27 bits per heavy atom. The highest BCUT2D eigenvalue weighted by molar-refractivity contribution is 6.01. The second-order valence-corrected chi connectivity index (χ2v) is 6.27. The molecule has 1 N–H and O–H groups in total. The Morgan fingerprint density at radius 2 is 1.96 bits per heavy atom. The van der Waals surface area contributed by atoms with Gasteiger partial charge < -0.3 is 14.6 Å². The molecular formula is C21H25N3O2. The Labute approximate surface area is 154 Å². The molecule has 1 heterocycles. The number of amides is 1. The first-order chi connectivity index (χ1) is 12.5. The number of aromatic nitrogens is 1. The van der Waals surface area contributed by atoms with Gasteiger partial charge in [-0.05, 0) is 57.0 Å². The number of hydrogen-bond acceptors (Lipinski definition) is 3. The van der Waals surface area contributed by atoms with E-state index in [1.54, 1.807) is 13.2 Å². The van der Waals surface area contributed by atoms with Crippen LogP contribution in [-0.2, 0) is 9.53 Å². The predicted molar refractivity (Wildman–Crippen MR) is 103 cm³/mol. The fourth-order valence-electron chi connectivity index (χ4n) is 2.84. The van der Waals surface area contributed by atoms with Gasteiger partial charge in [0, 0.05) is 37.3 Å². The van der Waals surface area contributed by atoms with E-state index in [1.165, 1.54) is 5.56 Å². The predicted octanol–water partition coefficient (Wildman–Crippen LogP) is 3.46. The van der Waals surface area contributed by atoms with Gasteiger partial charge in [-0.1, -0.05) is 17.7 Å². The van der Waals surface area contributed by atoms with Crippen LogP contribution in [-0.4, -0.2) is 30.7 Å². The van der Waals surface area contributed by atoms with Gasteiger partial charge in [0.25, 0.3) is 5.91 Å². The van der Waals surface area contributed by atoms with E-state index in [-0.39, 0.29) is 11.5 Å². The third-order valence-corrected chi connectivity index (χ3v) is 4.24. The summed E-state index contributed by atoms with van der Waals surface area (Å²) in [5.74, 6) is -0.358. The normalized spacial score (nSPS) is 11.3. The SMILES string of the molecule is COCCCNC(=O)C(C#N)=Cc1cc(C)n(-c2ccc(C)cc2)c1C. The van der Waals surface area contributed by atoms with E-state index in [0.717, 1.165) is 22.6 Å². The van der Waals surface area contributed by atoms with Crippen molar-refractivity contribution in [3.8, 4) is 11.8 Å². The average Bonchev–Trinajstić information content (AvgIpc) is 2.91. The van der Waals surface area contributed by atoms with Crippen LogP contribution >= 0.6 is 0 Å². The maximum absolute atomic E-state index is 12.2. The molecule has 5 nitrogen and oxygen atoms in total. The van der Waals surface area contributed by atoms with E-state index in [9.17, 15) is 10.1 Å². The number of carbonyl (C=O) groups excluding carboxylic acids is 1. The van der Waals surface area contributed by atoms with Gasteiger partial charge >= 0.3 is 0 Å². The van der Waals surface area contributed by atoms with Gasteiger partial charge in [-0.25, -0.2) is 0 Å². The van der Waals surface area contributed by atoms with Gasteiger partial charge in [0.15, 0.2) is 0 Å². The second-order valence-electron chi connectivity index (χ2n) is 6.27. The lowest BCUT2D eigenvalue weighted by atomic mass is 10.1. The van der Waals surface area contributed by atoms with Gasteiger partial charge in [0.2, 0.25) is 0 Å². The minimum Gasteiger partial charge on any atom is -0.385 e. The number of carbonyl (C=O) groups is 1. The van der Waals surface area contributed by atoms with Gasteiger partial charge in [0.1, 0.15) is 11.6 Å². The minimum atomic E-state index is -0.358. The highest BCUT2D eigenvalue weighted by Crippen LogP contribution is 2.23. The largest absolute Gasteiger partial charge is 0.385 e. The summed E-state index contributed by atoms with van der Waals surface area (Å²) in [7, 11) is 1.62. The monoisotopic (exact) mass is 351 g/mol. The fraction of sp³-hybridized carbons (Fsp3) is 0.333. The number of hydrogen-bond donors (Lipinski definition) is 1. The van der Waals surface area contributed by atoms with Crippen molar-refractivity contribution in [2.24, 2.45) is 0 Å². The lowest BCUT2D eigenvalue weighted by Crippen LogP contribution is -2.26. The molecule has 0 saturated heterocycles. The van der Waals surface area contributed by atoms with Crippen molar-refractivity contribution in [3.63, 3.8) is 0 Å². The van der Waals surface area contributed by atoms with E-state index in [4.69, 9.17) is 4.74 Å². The maximum atomic E-state index is 12.2. The Bertz CT molecular complexity index is 839. The molecule has 2 aromatic rings. The summed E-state index contributed by atoms with van der Waals surface area (Å²) >= 11 is 0. The molecule has 1 aromatic heterocycles. The fourth-order valence-corrected chi connectivity index (χ4v) is 2.84. The Kier molecular flexibility index (Phi) is 6.76. The molecule has 0 atom stereocenters. The van der Waals surface area contributed by atoms with Crippen molar-refractivity contribution in [3.05, 3.63) is 58.4 Å². The number of methoxy groups -OCH3 is 1. The summed E-state index contributed by atoms with van der Waals surface area (Å²) in [6.07, 6.45) is 2.36. The highest BCUT2D eigenvalue weighted by atomic mass is 16.5.